The summed E-state index contributed by atoms with van der Waals surface area (Å²) in [6, 6.07) is 12.6. The molecule has 2 aromatic carbocycles. The summed E-state index contributed by atoms with van der Waals surface area (Å²) >= 11 is 12.3. The van der Waals surface area contributed by atoms with Gasteiger partial charge >= 0.3 is 0 Å². The number of hydrogen-bond acceptors (Lipinski definition) is 4. The van der Waals surface area contributed by atoms with Crippen LogP contribution < -0.4 is 10.1 Å². The third kappa shape index (κ3) is 3.54. The molecule has 4 rings (SSSR count). The Morgan fingerprint density at radius 2 is 1.96 bits per heavy atom. The molecule has 0 aliphatic rings. The maximum Gasteiger partial charge on any atom is 0.269 e. The quantitative estimate of drug-likeness (QED) is 0.455. The summed E-state index contributed by atoms with van der Waals surface area (Å²) in [5.74, 6) is 1.46. The van der Waals surface area contributed by atoms with Crippen LogP contribution >= 0.6 is 23.2 Å². The van der Waals surface area contributed by atoms with Crippen molar-refractivity contribution in [3.05, 3.63) is 64.0 Å². The van der Waals surface area contributed by atoms with Gasteiger partial charge in [0.15, 0.2) is 5.82 Å². The summed E-state index contributed by atoms with van der Waals surface area (Å²) < 4.78 is 5.14. The number of rotatable bonds is 5. The lowest BCUT2D eigenvalue weighted by atomic mass is 10.2. The highest BCUT2D eigenvalue weighted by atomic mass is 35.5. The zero-order chi connectivity index (χ0) is 19.7. The molecule has 0 radical (unpaired) electrons. The van der Waals surface area contributed by atoms with E-state index < -0.39 is 0 Å². The molecule has 0 aliphatic heterocycles. The van der Waals surface area contributed by atoms with Gasteiger partial charge in [-0.25, -0.2) is 4.98 Å². The highest BCUT2D eigenvalue weighted by Crippen LogP contribution is 2.29. The molecule has 0 fully saturated rings. The van der Waals surface area contributed by atoms with Crippen LogP contribution in [0, 0.1) is 0 Å². The Bertz CT molecular complexity index is 1150. The van der Waals surface area contributed by atoms with E-state index in [-0.39, 0.29) is 18.1 Å². The van der Waals surface area contributed by atoms with Crippen molar-refractivity contribution in [2.75, 3.05) is 7.11 Å². The number of ether oxygens (including phenoxy) is 1. The molecule has 7 nitrogen and oxygen atoms in total. The topological polar surface area (TPSA) is 95.7 Å². The number of aromatic nitrogens is 4. The molecule has 142 valence electrons. The van der Waals surface area contributed by atoms with Gasteiger partial charge in [0.1, 0.15) is 17.3 Å². The van der Waals surface area contributed by atoms with Gasteiger partial charge in [-0.15, -0.1) is 0 Å². The monoisotopic (exact) mass is 415 g/mol. The van der Waals surface area contributed by atoms with E-state index in [1.165, 1.54) is 0 Å². The highest BCUT2D eigenvalue weighted by molar-refractivity contribution is 6.39. The molecular weight excluding hydrogens is 401 g/mol. The Kier molecular flexibility index (Phi) is 4.93. The number of hydrogen-bond donors (Lipinski definition) is 3. The number of nitrogens with zero attached hydrogens (tertiary/aromatic N) is 2. The lowest BCUT2D eigenvalue weighted by molar-refractivity contribution is 0.0946. The molecule has 2 aromatic heterocycles. The van der Waals surface area contributed by atoms with Gasteiger partial charge in [-0.3, -0.25) is 9.89 Å². The first-order valence-electron chi connectivity index (χ1n) is 8.36. The largest absolute Gasteiger partial charge is 0.497 e. The van der Waals surface area contributed by atoms with Gasteiger partial charge in [0.25, 0.3) is 5.91 Å². The fraction of sp³-hybridized carbons (Fsp3) is 0.105. The van der Waals surface area contributed by atoms with Crippen molar-refractivity contribution in [3.63, 3.8) is 0 Å². The minimum absolute atomic E-state index is 0.175. The van der Waals surface area contributed by atoms with E-state index in [9.17, 15) is 4.79 Å². The van der Waals surface area contributed by atoms with Crippen molar-refractivity contribution in [3.8, 4) is 17.1 Å². The maximum atomic E-state index is 12.5. The second-order valence-electron chi connectivity index (χ2n) is 6.02. The Balaban J connectivity index is 1.47. The number of carbonyl (C=O) groups is 1. The molecule has 2 heterocycles. The number of nitrogens with one attached hydrogen (secondary N) is 3. The predicted molar refractivity (Wildman–Crippen MR) is 108 cm³/mol. The smallest absolute Gasteiger partial charge is 0.269 e. The molecule has 4 aromatic rings. The molecule has 0 unspecified atom stereocenters. The molecule has 9 heteroatoms. The van der Waals surface area contributed by atoms with Crippen LogP contribution in [0.4, 0.5) is 0 Å². The number of benzene rings is 2. The summed E-state index contributed by atoms with van der Waals surface area (Å²) in [5, 5.41) is 11.3. The standard InChI is InChI=1S/C19H15Cl2N5O2/c1-28-12-5-2-10(3-6-12)18-24-15(25-26-18)9-22-19(27)17-16(21)13-8-11(20)4-7-14(13)23-17/h2-8,23H,9H2,1H3,(H,22,27)(H,24,25,26). The van der Waals surface area contributed by atoms with E-state index in [0.717, 1.165) is 16.8 Å². The van der Waals surface area contributed by atoms with E-state index in [4.69, 9.17) is 27.9 Å². The minimum Gasteiger partial charge on any atom is -0.497 e. The van der Waals surface area contributed by atoms with Crippen LogP contribution in [0.3, 0.4) is 0 Å². The van der Waals surface area contributed by atoms with Gasteiger partial charge in [-0.2, -0.15) is 5.10 Å². The third-order valence-corrected chi connectivity index (χ3v) is 4.85. The van der Waals surface area contributed by atoms with Crippen molar-refractivity contribution in [1.82, 2.24) is 25.5 Å². The van der Waals surface area contributed by atoms with Crippen molar-refractivity contribution in [2.24, 2.45) is 0 Å². The second kappa shape index (κ2) is 7.53. The second-order valence-corrected chi connectivity index (χ2v) is 6.84. The van der Waals surface area contributed by atoms with Gasteiger partial charge in [0, 0.05) is 21.5 Å². The molecule has 0 aliphatic carbocycles. The summed E-state index contributed by atoms with van der Waals surface area (Å²) in [4.78, 5) is 19.9. The van der Waals surface area contributed by atoms with Crippen LogP contribution in [-0.2, 0) is 6.54 Å². The van der Waals surface area contributed by atoms with Crippen molar-refractivity contribution >= 4 is 40.0 Å². The SMILES string of the molecule is COc1ccc(-c2n[nH]c(CNC(=O)c3[nH]c4ccc(Cl)cc4c3Cl)n2)cc1. The van der Waals surface area contributed by atoms with Gasteiger partial charge in [0.05, 0.1) is 18.7 Å². The zero-order valence-corrected chi connectivity index (χ0v) is 16.2. The first-order chi connectivity index (χ1) is 13.5. The average molecular weight is 416 g/mol. The van der Waals surface area contributed by atoms with E-state index in [0.29, 0.717) is 27.1 Å². The predicted octanol–water partition coefficient (Wildman–Crippen LogP) is 4.20. The highest BCUT2D eigenvalue weighted by Gasteiger charge is 2.17. The number of H-pyrrole nitrogens is 2. The Labute approximate surface area is 170 Å². The Morgan fingerprint density at radius 3 is 2.71 bits per heavy atom. The number of carbonyl (C=O) groups excluding carboxylic acids is 1. The van der Waals surface area contributed by atoms with Crippen molar-refractivity contribution < 1.29 is 9.53 Å². The Morgan fingerprint density at radius 1 is 1.18 bits per heavy atom. The third-order valence-electron chi connectivity index (χ3n) is 4.22. The van der Waals surface area contributed by atoms with Crippen LogP contribution in [0.25, 0.3) is 22.3 Å². The average Bonchev–Trinajstić information content (AvgIpc) is 3.31. The number of fused-ring (bicyclic) bond motifs is 1. The van der Waals surface area contributed by atoms with E-state index in [2.05, 4.69) is 25.5 Å². The van der Waals surface area contributed by atoms with E-state index >= 15 is 0 Å². The van der Waals surface area contributed by atoms with E-state index in [1.54, 1.807) is 25.3 Å². The van der Waals surface area contributed by atoms with Gasteiger partial charge in [0.2, 0.25) is 0 Å². The number of amides is 1. The van der Waals surface area contributed by atoms with Gasteiger partial charge < -0.3 is 15.0 Å². The summed E-state index contributed by atoms with van der Waals surface area (Å²) in [7, 11) is 1.61. The normalized spacial score (nSPS) is 11.0. The van der Waals surface area contributed by atoms with Gasteiger partial charge in [-0.05, 0) is 42.5 Å². The Hall–Kier alpha value is -3.03. The molecule has 0 bridgehead atoms. The molecule has 0 saturated carbocycles. The fourth-order valence-electron chi connectivity index (χ4n) is 2.78. The number of aromatic amines is 2. The minimum atomic E-state index is -0.347. The molecule has 0 saturated heterocycles. The van der Waals surface area contributed by atoms with E-state index in [1.807, 2.05) is 24.3 Å². The molecule has 0 spiro atoms. The first kappa shape index (κ1) is 18.3. The zero-order valence-electron chi connectivity index (χ0n) is 14.7. The van der Waals surface area contributed by atoms with Crippen molar-refractivity contribution in [2.45, 2.75) is 6.54 Å². The summed E-state index contributed by atoms with van der Waals surface area (Å²) in [5.41, 5.74) is 1.85. The lowest BCUT2D eigenvalue weighted by Gasteiger charge is -2.01. The summed E-state index contributed by atoms with van der Waals surface area (Å²) in [6.07, 6.45) is 0. The maximum absolute atomic E-state index is 12.5. The number of methoxy groups -OCH3 is 1. The number of halogens is 2. The molecular formula is C19H15Cl2N5O2. The van der Waals surface area contributed by atoms with Crippen LogP contribution in [-0.4, -0.2) is 33.2 Å². The fourth-order valence-corrected chi connectivity index (χ4v) is 3.25. The van der Waals surface area contributed by atoms with Crippen LogP contribution in [0.5, 0.6) is 5.75 Å². The van der Waals surface area contributed by atoms with Crippen LogP contribution in [0.15, 0.2) is 42.5 Å². The molecule has 0 atom stereocenters. The summed E-state index contributed by atoms with van der Waals surface area (Å²) in [6.45, 7) is 0.175. The molecule has 1 amide bonds. The molecule has 28 heavy (non-hydrogen) atoms. The first-order valence-corrected chi connectivity index (χ1v) is 9.11. The van der Waals surface area contributed by atoms with Gasteiger partial charge in [-0.1, -0.05) is 23.2 Å². The van der Waals surface area contributed by atoms with Crippen LogP contribution in [0.1, 0.15) is 16.3 Å². The van der Waals surface area contributed by atoms with Crippen molar-refractivity contribution in [1.29, 1.82) is 0 Å². The lowest BCUT2D eigenvalue weighted by Crippen LogP contribution is -2.24. The molecule has 3 N–H and O–H groups in total. The van der Waals surface area contributed by atoms with Crippen LogP contribution in [0.2, 0.25) is 10.0 Å².